The van der Waals surface area contributed by atoms with E-state index < -0.39 is 0 Å². The van der Waals surface area contributed by atoms with Crippen LogP contribution in [0.3, 0.4) is 0 Å². The van der Waals surface area contributed by atoms with Crippen LogP contribution >= 0.6 is 0 Å². The molecule has 0 aliphatic carbocycles. The summed E-state index contributed by atoms with van der Waals surface area (Å²) in [7, 11) is 1.78. The highest BCUT2D eigenvalue weighted by atomic mass is 15.0. The zero-order valence-corrected chi connectivity index (χ0v) is 10.9. The van der Waals surface area contributed by atoms with E-state index in [0.717, 1.165) is 0 Å². The standard InChI is InChI=1S/C12H18N6/c1-8(2)12(17-7-13)18-11-6-15-10(5-16-11)9(3)14-4/h5-8,14H,3H2,1-2,4H3,(H2,13,16,17,18). The number of nitrogens with two attached hydrogens (primary N) is 1. The van der Waals surface area contributed by atoms with Crippen LogP contribution in [0.15, 0.2) is 29.0 Å². The first-order valence-corrected chi connectivity index (χ1v) is 5.60. The maximum Gasteiger partial charge on any atom is 0.172 e. The molecule has 6 nitrogen and oxygen atoms in total. The summed E-state index contributed by atoms with van der Waals surface area (Å²) in [5.74, 6) is 1.28. The molecule has 0 aliphatic heterocycles. The molecule has 0 aliphatic rings. The van der Waals surface area contributed by atoms with Crippen molar-refractivity contribution < 1.29 is 0 Å². The Kier molecular flexibility index (Phi) is 4.98. The van der Waals surface area contributed by atoms with Crippen LogP contribution in [-0.2, 0) is 0 Å². The first-order valence-electron chi connectivity index (χ1n) is 5.60. The van der Waals surface area contributed by atoms with E-state index in [1.165, 1.54) is 6.34 Å². The Bertz CT molecular complexity index is 458. The number of hydrogen-bond donors (Lipinski definition) is 2. The lowest BCUT2D eigenvalue weighted by atomic mass is 10.2. The lowest BCUT2D eigenvalue weighted by molar-refractivity contribution is 0.871. The smallest absolute Gasteiger partial charge is 0.172 e. The summed E-state index contributed by atoms with van der Waals surface area (Å²) in [5, 5.41) is 2.91. The van der Waals surface area contributed by atoms with Crippen molar-refractivity contribution in [1.82, 2.24) is 15.3 Å². The average Bonchev–Trinajstić information content (AvgIpc) is 2.38. The van der Waals surface area contributed by atoms with Crippen LogP contribution in [-0.4, -0.2) is 29.2 Å². The first kappa shape index (κ1) is 13.8. The molecule has 0 unspecified atom stereocenters. The van der Waals surface area contributed by atoms with Gasteiger partial charge in [0.15, 0.2) is 5.82 Å². The van der Waals surface area contributed by atoms with E-state index in [0.29, 0.717) is 23.0 Å². The molecular weight excluding hydrogens is 228 g/mol. The first-order chi connectivity index (χ1) is 8.58. The van der Waals surface area contributed by atoms with Crippen molar-refractivity contribution >= 4 is 23.7 Å². The SMILES string of the molecule is C=C(NC)c1cnc(N=C(N=CN)C(C)C)cn1. The van der Waals surface area contributed by atoms with Gasteiger partial charge < -0.3 is 11.1 Å². The molecule has 1 rings (SSSR count). The molecule has 18 heavy (non-hydrogen) atoms. The number of nitrogens with one attached hydrogen (secondary N) is 1. The van der Waals surface area contributed by atoms with E-state index in [2.05, 4.69) is 31.8 Å². The van der Waals surface area contributed by atoms with Gasteiger partial charge in [0, 0.05) is 13.0 Å². The van der Waals surface area contributed by atoms with Crippen LogP contribution in [0.4, 0.5) is 5.82 Å². The summed E-state index contributed by atoms with van der Waals surface area (Å²) < 4.78 is 0. The van der Waals surface area contributed by atoms with E-state index in [9.17, 15) is 0 Å². The van der Waals surface area contributed by atoms with E-state index in [-0.39, 0.29) is 5.92 Å². The molecule has 1 aromatic rings. The van der Waals surface area contributed by atoms with Crippen LogP contribution in [0, 0.1) is 5.92 Å². The highest BCUT2D eigenvalue weighted by molar-refractivity contribution is 5.91. The molecular formula is C12H18N6. The fraction of sp³-hybridized carbons (Fsp3) is 0.333. The van der Waals surface area contributed by atoms with Crippen molar-refractivity contribution in [1.29, 1.82) is 0 Å². The monoisotopic (exact) mass is 246 g/mol. The summed E-state index contributed by atoms with van der Waals surface area (Å²) >= 11 is 0. The number of aromatic nitrogens is 2. The number of hydrogen-bond acceptors (Lipinski definition) is 4. The minimum Gasteiger partial charge on any atom is -0.390 e. The van der Waals surface area contributed by atoms with E-state index in [1.807, 2.05) is 13.8 Å². The fourth-order valence-electron chi connectivity index (χ4n) is 1.16. The molecule has 6 heteroatoms. The van der Waals surface area contributed by atoms with Crippen molar-refractivity contribution in [2.75, 3.05) is 7.05 Å². The second-order valence-electron chi connectivity index (χ2n) is 3.89. The van der Waals surface area contributed by atoms with Gasteiger partial charge in [0.05, 0.1) is 24.4 Å². The summed E-state index contributed by atoms with van der Waals surface area (Å²) in [6, 6.07) is 0. The Morgan fingerprint density at radius 1 is 1.44 bits per heavy atom. The molecule has 3 N–H and O–H groups in total. The summed E-state index contributed by atoms with van der Waals surface area (Å²) in [6.07, 6.45) is 4.41. The molecule has 0 aromatic carbocycles. The maximum atomic E-state index is 5.27. The lowest BCUT2D eigenvalue weighted by Gasteiger charge is -2.05. The lowest BCUT2D eigenvalue weighted by Crippen LogP contribution is -2.07. The molecule has 0 saturated carbocycles. The molecule has 0 spiro atoms. The molecule has 0 saturated heterocycles. The van der Waals surface area contributed by atoms with Crippen molar-refractivity contribution in [3.05, 3.63) is 24.7 Å². The third kappa shape index (κ3) is 3.65. The van der Waals surface area contributed by atoms with Gasteiger partial charge in [-0.15, -0.1) is 0 Å². The molecule has 0 atom stereocenters. The number of amidine groups is 1. The van der Waals surface area contributed by atoms with Crippen molar-refractivity contribution in [3.8, 4) is 0 Å². The van der Waals surface area contributed by atoms with Crippen molar-refractivity contribution in [2.45, 2.75) is 13.8 Å². The summed E-state index contributed by atoms with van der Waals surface area (Å²) in [4.78, 5) is 16.7. The third-order valence-electron chi connectivity index (χ3n) is 2.20. The van der Waals surface area contributed by atoms with Crippen molar-refractivity contribution in [2.24, 2.45) is 21.6 Å². The highest BCUT2D eigenvalue weighted by Gasteiger charge is 2.04. The Hall–Kier alpha value is -2.24. The molecule has 0 bridgehead atoms. The Morgan fingerprint density at radius 3 is 2.61 bits per heavy atom. The minimum absolute atomic E-state index is 0.165. The molecule has 1 heterocycles. The van der Waals surface area contributed by atoms with Crippen LogP contribution in [0.1, 0.15) is 19.5 Å². The second-order valence-corrected chi connectivity index (χ2v) is 3.89. The Labute approximate surface area is 107 Å². The zero-order valence-electron chi connectivity index (χ0n) is 10.9. The normalized spacial score (nSPS) is 12.1. The number of aliphatic imine (C=N–C) groups is 2. The minimum atomic E-state index is 0.165. The van der Waals surface area contributed by atoms with Gasteiger partial charge in [-0.1, -0.05) is 20.4 Å². The summed E-state index contributed by atoms with van der Waals surface area (Å²) in [6.45, 7) is 7.77. The van der Waals surface area contributed by atoms with Gasteiger partial charge >= 0.3 is 0 Å². The van der Waals surface area contributed by atoms with Gasteiger partial charge in [0.2, 0.25) is 0 Å². The predicted octanol–water partition coefficient (Wildman–Crippen LogP) is 1.34. The molecule has 0 fully saturated rings. The predicted molar refractivity (Wildman–Crippen MR) is 74.7 cm³/mol. The van der Waals surface area contributed by atoms with E-state index in [4.69, 9.17) is 5.73 Å². The van der Waals surface area contributed by atoms with Gasteiger partial charge in [0.1, 0.15) is 11.5 Å². The molecule has 0 amide bonds. The topological polar surface area (TPSA) is 88.5 Å². The van der Waals surface area contributed by atoms with Gasteiger partial charge in [0.25, 0.3) is 0 Å². The van der Waals surface area contributed by atoms with Gasteiger partial charge in [-0.05, 0) is 0 Å². The molecule has 1 aromatic heterocycles. The average molecular weight is 246 g/mol. The number of rotatable bonds is 4. The molecule has 0 radical (unpaired) electrons. The van der Waals surface area contributed by atoms with E-state index in [1.54, 1.807) is 19.4 Å². The highest BCUT2D eigenvalue weighted by Crippen LogP contribution is 2.12. The summed E-state index contributed by atoms with van der Waals surface area (Å²) in [5.41, 5.74) is 6.67. The third-order valence-corrected chi connectivity index (χ3v) is 2.20. The Balaban J connectivity index is 2.97. The largest absolute Gasteiger partial charge is 0.390 e. The number of nitrogens with zero attached hydrogens (tertiary/aromatic N) is 4. The quantitative estimate of drug-likeness (QED) is 0.619. The van der Waals surface area contributed by atoms with Gasteiger partial charge in [-0.25, -0.2) is 20.0 Å². The van der Waals surface area contributed by atoms with Crippen LogP contribution in [0.2, 0.25) is 0 Å². The molecule has 96 valence electrons. The van der Waals surface area contributed by atoms with Crippen LogP contribution in [0.5, 0.6) is 0 Å². The van der Waals surface area contributed by atoms with Crippen molar-refractivity contribution in [3.63, 3.8) is 0 Å². The second kappa shape index (κ2) is 6.48. The van der Waals surface area contributed by atoms with Gasteiger partial charge in [-0.3, -0.25) is 0 Å². The van der Waals surface area contributed by atoms with Crippen LogP contribution in [0.25, 0.3) is 5.70 Å². The van der Waals surface area contributed by atoms with Crippen LogP contribution < -0.4 is 11.1 Å². The van der Waals surface area contributed by atoms with E-state index >= 15 is 0 Å². The zero-order chi connectivity index (χ0) is 13.5. The van der Waals surface area contributed by atoms with Gasteiger partial charge in [-0.2, -0.15) is 0 Å². The maximum absolute atomic E-state index is 5.27. The Morgan fingerprint density at radius 2 is 2.17 bits per heavy atom. The fourth-order valence-corrected chi connectivity index (χ4v) is 1.16.